The van der Waals surface area contributed by atoms with Crippen LogP contribution in [0.4, 0.5) is 0 Å². The lowest BCUT2D eigenvalue weighted by Crippen LogP contribution is -2.63. The molecule has 13 heteroatoms. The summed E-state index contributed by atoms with van der Waals surface area (Å²) in [7, 11) is 1.65. The van der Waals surface area contributed by atoms with Gasteiger partial charge in [0.2, 0.25) is 29.5 Å². The second kappa shape index (κ2) is 18.8. The molecule has 2 saturated carbocycles. The smallest absolute Gasteiger partial charge is 0.245 e. The van der Waals surface area contributed by atoms with Gasteiger partial charge >= 0.3 is 0 Å². The van der Waals surface area contributed by atoms with Crippen molar-refractivity contribution in [3.63, 3.8) is 0 Å². The summed E-state index contributed by atoms with van der Waals surface area (Å²) in [4.78, 5) is 72.5. The predicted molar refractivity (Wildman–Crippen MR) is 182 cm³/mol. The maximum absolute atomic E-state index is 14.2. The second-order valence-electron chi connectivity index (χ2n) is 15.0. The Bertz CT molecular complexity index is 1090. The number of hydrogen-bond acceptors (Lipinski definition) is 8. The summed E-state index contributed by atoms with van der Waals surface area (Å²) in [5.74, 6) is -2.22. The molecule has 1 saturated heterocycles. The van der Waals surface area contributed by atoms with Gasteiger partial charge in [-0.2, -0.15) is 0 Å². The van der Waals surface area contributed by atoms with Gasteiger partial charge in [0.25, 0.3) is 0 Å². The highest BCUT2D eigenvalue weighted by molar-refractivity contribution is 5.96. The molecule has 274 valence electrons. The Labute approximate surface area is 286 Å². The fourth-order valence-corrected chi connectivity index (χ4v) is 7.47. The topological polar surface area (TPSA) is 180 Å². The van der Waals surface area contributed by atoms with Crippen molar-refractivity contribution < 1.29 is 34.2 Å². The molecule has 5 amide bonds. The molecule has 0 aromatic carbocycles. The Morgan fingerprint density at radius 3 is 2.00 bits per heavy atom. The number of nitrogens with one attached hydrogen (secondary N) is 4. The van der Waals surface area contributed by atoms with E-state index in [-0.39, 0.29) is 17.7 Å². The minimum Gasteiger partial charge on any atom is -0.394 e. The van der Waals surface area contributed by atoms with Crippen molar-refractivity contribution in [2.24, 2.45) is 17.8 Å². The normalized spacial score (nSPS) is 31.1. The molecule has 13 nitrogen and oxygen atoms in total. The van der Waals surface area contributed by atoms with Crippen LogP contribution in [0.1, 0.15) is 105 Å². The molecule has 0 bridgehead atoms. The van der Waals surface area contributed by atoms with Gasteiger partial charge < -0.3 is 36.4 Å². The molecule has 2 aliphatic carbocycles. The van der Waals surface area contributed by atoms with E-state index in [1.54, 1.807) is 14.0 Å². The van der Waals surface area contributed by atoms with E-state index >= 15 is 0 Å². The lowest BCUT2D eigenvalue weighted by Gasteiger charge is -2.38. The molecule has 0 radical (unpaired) electrons. The van der Waals surface area contributed by atoms with E-state index in [1.165, 1.54) is 11.8 Å². The summed E-state index contributed by atoms with van der Waals surface area (Å²) in [6, 6.07) is -5.64. The monoisotopic (exact) mass is 678 g/mol. The zero-order chi connectivity index (χ0) is 35.5. The quantitative estimate of drug-likeness (QED) is 0.221. The summed E-state index contributed by atoms with van der Waals surface area (Å²) < 4.78 is 0. The van der Waals surface area contributed by atoms with Crippen LogP contribution in [0.3, 0.4) is 0 Å². The average molecular weight is 679 g/mol. The minimum absolute atomic E-state index is 0.194. The van der Waals surface area contributed by atoms with Crippen molar-refractivity contribution in [2.75, 3.05) is 26.7 Å². The van der Waals surface area contributed by atoms with Crippen molar-refractivity contribution in [3.05, 3.63) is 0 Å². The standard InChI is InChI=1S/C35H62N6O7/c1-21(2)16-17-28-32(45)39-30(26-14-8-7-9-15-26)34(47)37-27(20-42)31(44)38-29(24(5)43)33(46)36-22(3)18-41(19-25-12-10-11-13-25)23(4)35(48)40(28)6/h21-30,42-43H,7-20H2,1-6H3,(H,36,46)(H,37,47)(H,38,44)(H,39,45)/t22-,23+,24+,27+,28+,29+,30+/m1/s1. The lowest BCUT2D eigenvalue weighted by molar-refractivity contribution is -0.144. The van der Waals surface area contributed by atoms with Crippen LogP contribution < -0.4 is 21.3 Å². The third-order valence-electron chi connectivity index (χ3n) is 10.5. The number of carbonyl (C=O) groups is 5. The third-order valence-corrected chi connectivity index (χ3v) is 10.5. The van der Waals surface area contributed by atoms with E-state index in [1.807, 2.05) is 6.92 Å². The van der Waals surface area contributed by atoms with Crippen molar-refractivity contribution >= 4 is 29.5 Å². The fraction of sp³-hybridized carbons (Fsp3) is 0.857. The Balaban J connectivity index is 2.04. The van der Waals surface area contributed by atoms with Crippen LogP contribution in [0.2, 0.25) is 0 Å². The molecule has 6 N–H and O–H groups in total. The first-order valence-electron chi connectivity index (χ1n) is 18.2. The van der Waals surface area contributed by atoms with E-state index in [9.17, 15) is 34.2 Å². The van der Waals surface area contributed by atoms with Crippen LogP contribution >= 0.6 is 0 Å². The van der Waals surface area contributed by atoms with Crippen LogP contribution in [-0.4, -0.2) is 119 Å². The van der Waals surface area contributed by atoms with Gasteiger partial charge in [-0.1, -0.05) is 46.0 Å². The molecule has 0 aromatic rings. The first kappa shape index (κ1) is 39.7. The second-order valence-corrected chi connectivity index (χ2v) is 15.0. The number of hydrogen-bond donors (Lipinski definition) is 6. The van der Waals surface area contributed by atoms with Crippen LogP contribution in [0.5, 0.6) is 0 Å². The van der Waals surface area contributed by atoms with Crippen LogP contribution in [0.15, 0.2) is 0 Å². The minimum atomic E-state index is -1.42. The van der Waals surface area contributed by atoms with Crippen LogP contribution in [0, 0.1) is 17.8 Å². The number of aliphatic hydroxyl groups excluding tert-OH is 2. The molecule has 0 aromatic heterocycles. The average Bonchev–Trinajstić information content (AvgIpc) is 3.56. The maximum Gasteiger partial charge on any atom is 0.245 e. The molecule has 48 heavy (non-hydrogen) atoms. The SMILES string of the molecule is CC(C)CC[C@H]1C(=O)N[C@@H](C2CCCCC2)C(=O)N[C@@H](CO)C(=O)N[C@@H]([C@H](C)O)C(=O)N[C@H](C)CN(CC2CCCC2)[C@@H](C)C(=O)N1C. The third kappa shape index (κ3) is 11.1. The molecule has 1 aliphatic heterocycles. The van der Waals surface area contributed by atoms with Crippen molar-refractivity contribution in [1.82, 2.24) is 31.1 Å². The van der Waals surface area contributed by atoms with Gasteiger partial charge in [0.15, 0.2) is 0 Å². The summed E-state index contributed by atoms with van der Waals surface area (Å²) >= 11 is 0. The van der Waals surface area contributed by atoms with E-state index in [0.717, 1.165) is 44.9 Å². The lowest BCUT2D eigenvalue weighted by atomic mass is 9.83. The number of rotatable bonds is 8. The number of nitrogens with zero attached hydrogens (tertiary/aromatic N) is 2. The molecule has 0 unspecified atom stereocenters. The predicted octanol–water partition coefficient (Wildman–Crippen LogP) is 1.06. The molecular weight excluding hydrogens is 616 g/mol. The first-order valence-corrected chi connectivity index (χ1v) is 18.2. The van der Waals surface area contributed by atoms with E-state index in [4.69, 9.17) is 0 Å². The first-order chi connectivity index (χ1) is 22.7. The van der Waals surface area contributed by atoms with E-state index in [2.05, 4.69) is 40.0 Å². The van der Waals surface area contributed by atoms with Gasteiger partial charge in [-0.3, -0.25) is 28.9 Å². The van der Waals surface area contributed by atoms with Gasteiger partial charge in [0.05, 0.1) is 18.8 Å². The highest BCUT2D eigenvalue weighted by atomic mass is 16.3. The maximum atomic E-state index is 14.2. The molecule has 7 atom stereocenters. The summed E-state index contributed by atoms with van der Waals surface area (Å²) in [6.07, 6.45) is 8.41. The van der Waals surface area contributed by atoms with Crippen molar-refractivity contribution in [2.45, 2.75) is 148 Å². The van der Waals surface area contributed by atoms with Gasteiger partial charge in [-0.25, -0.2) is 0 Å². The molecular formula is C35H62N6O7. The van der Waals surface area contributed by atoms with Gasteiger partial charge in [-0.05, 0) is 77.0 Å². The Kier molecular flexibility index (Phi) is 15.6. The fourth-order valence-electron chi connectivity index (χ4n) is 7.47. The molecule has 3 fully saturated rings. The zero-order valence-corrected chi connectivity index (χ0v) is 30.0. The number of amides is 5. The zero-order valence-electron chi connectivity index (χ0n) is 30.0. The Morgan fingerprint density at radius 1 is 0.792 bits per heavy atom. The summed E-state index contributed by atoms with van der Waals surface area (Å²) in [5, 5.41) is 31.6. The van der Waals surface area contributed by atoms with E-state index in [0.29, 0.717) is 44.7 Å². The molecule has 3 rings (SSSR count). The number of aliphatic hydroxyl groups is 2. The Morgan fingerprint density at radius 2 is 1.42 bits per heavy atom. The highest BCUT2D eigenvalue weighted by Crippen LogP contribution is 2.28. The van der Waals surface area contributed by atoms with Crippen LogP contribution in [0.25, 0.3) is 0 Å². The van der Waals surface area contributed by atoms with Crippen molar-refractivity contribution in [3.8, 4) is 0 Å². The molecule has 3 aliphatic rings. The number of carbonyl (C=O) groups excluding carboxylic acids is 5. The van der Waals surface area contributed by atoms with Crippen LogP contribution in [-0.2, 0) is 24.0 Å². The highest BCUT2D eigenvalue weighted by Gasteiger charge is 2.39. The van der Waals surface area contributed by atoms with Gasteiger partial charge in [0.1, 0.15) is 24.2 Å². The Hall–Kier alpha value is -2.77. The summed E-state index contributed by atoms with van der Waals surface area (Å²) in [6.45, 7) is 9.38. The molecule has 0 spiro atoms. The number of likely N-dealkylation sites (N-methyl/N-ethyl adjacent to an activating group) is 1. The van der Waals surface area contributed by atoms with Gasteiger partial charge in [0, 0.05) is 26.2 Å². The van der Waals surface area contributed by atoms with E-state index < -0.39 is 72.6 Å². The van der Waals surface area contributed by atoms with Crippen molar-refractivity contribution in [1.29, 1.82) is 0 Å². The van der Waals surface area contributed by atoms with Gasteiger partial charge in [-0.15, -0.1) is 0 Å². The molecule has 1 heterocycles. The summed E-state index contributed by atoms with van der Waals surface area (Å²) in [5.41, 5.74) is 0. The largest absolute Gasteiger partial charge is 0.394 e.